The Morgan fingerprint density at radius 1 is 1.22 bits per heavy atom. The Kier molecular flexibility index (Phi) is 3.85. The molecule has 2 heterocycles. The van der Waals surface area contributed by atoms with Crippen LogP contribution in [0.15, 0.2) is 22.8 Å². The van der Waals surface area contributed by atoms with Crippen LogP contribution in [0.2, 0.25) is 0 Å². The summed E-state index contributed by atoms with van der Waals surface area (Å²) in [7, 11) is 0. The summed E-state index contributed by atoms with van der Waals surface area (Å²) in [6, 6.07) is 5.02. The molecule has 0 aromatic carbocycles. The van der Waals surface area contributed by atoms with Crippen molar-refractivity contribution in [3.63, 3.8) is 0 Å². The van der Waals surface area contributed by atoms with Gasteiger partial charge in [-0.2, -0.15) is 0 Å². The van der Waals surface area contributed by atoms with Crippen molar-refractivity contribution in [3.05, 3.63) is 22.8 Å². The van der Waals surface area contributed by atoms with Gasteiger partial charge < -0.3 is 10.2 Å². The molecule has 1 saturated carbocycles. The number of rotatable bonds is 4. The second-order valence-electron chi connectivity index (χ2n) is 5.45. The highest BCUT2D eigenvalue weighted by atomic mass is 79.9. The van der Waals surface area contributed by atoms with Crippen LogP contribution in [0.1, 0.15) is 25.7 Å². The van der Waals surface area contributed by atoms with E-state index in [1.165, 1.54) is 32.2 Å². The molecule has 0 amide bonds. The van der Waals surface area contributed by atoms with Crippen molar-refractivity contribution in [2.45, 2.75) is 31.7 Å². The van der Waals surface area contributed by atoms with Gasteiger partial charge in [0.15, 0.2) is 0 Å². The molecule has 1 aromatic rings. The van der Waals surface area contributed by atoms with E-state index in [9.17, 15) is 0 Å². The van der Waals surface area contributed by atoms with Crippen LogP contribution < -0.4 is 10.2 Å². The topological polar surface area (TPSA) is 28.2 Å². The lowest BCUT2D eigenvalue weighted by Gasteiger charge is -2.33. The number of hydrogen-bond donors (Lipinski definition) is 1. The normalized spacial score (nSPS) is 21.3. The Balaban J connectivity index is 1.48. The highest BCUT2D eigenvalue weighted by Gasteiger charge is 2.24. The molecule has 3 nitrogen and oxygen atoms in total. The van der Waals surface area contributed by atoms with Gasteiger partial charge in [0, 0.05) is 29.8 Å². The summed E-state index contributed by atoms with van der Waals surface area (Å²) in [4.78, 5) is 6.88. The number of pyridine rings is 1. The lowest BCUT2D eigenvalue weighted by atomic mass is 9.97. The number of hydrogen-bond acceptors (Lipinski definition) is 3. The van der Waals surface area contributed by atoms with Crippen molar-refractivity contribution in [3.8, 4) is 0 Å². The zero-order chi connectivity index (χ0) is 12.4. The largest absolute Gasteiger partial charge is 0.357 e. The van der Waals surface area contributed by atoms with Crippen molar-refractivity contribution in [2.24, 2.45) is 5.92 Å². The maximum atomic E-state index is 4.47. The fourth-order valence-corrected chi connectivity index (χ4v) is 2.78. The predicted molar refractivity (Wildman–Crippen MR) is 77.9 cm³/mol. The summed E-state index contributed by atoms with van der Waals surface area (Å²) in [5.41, 5.74) is 0. The van der Waals surface area contributed by atoms with E-state index in [4.69, 9.17) is 0 Å². The molecule has 1 aromatic heterocycles. The Morgan fingerprint density at radius 2 is 2.00 bits per heavy atom. The number of aromatic nitrogens is 1. The number of halogens is 1. The van der Waals surface area contributed by atoms with E-state index < -0.39 is 0 Å². The van der Waals surface area contributed by atoms with E-state index in [-0.39, 0.29) is 0 Å². The van der Waals surface area contributed by atoms with Crippen LogP contribution in [0, 0.1) is 5.92 Å². The maximum Gasteiger partial charge on any atom is 0.128 e. The van der Waals surface area contributed by atoms with Gasteiger partial charge in [-0.25, -0.2) is 4.98 Å². The van der Waals surface area contributed by atoms with Crippen LogP contribution in [0.4, 0.5) is 5.82 Å². The first-order chi connectivity index (χ1) is 8.81. The summed E-state index contributed by atoms with van der Waals surface area (Å²) in [5, 5.41) is 3.65. The number of anilines is 1. The van der Waals surface area contributed by atoms with E-state index in [1.54, 1.807) is 0 Å². The van der Waals surface area contributed by atoms with Crippen molar-refractivity contribution in [1.29, 1.82) is 0 Å². The zero-order valence-electron chi connectivity index (χ0n) is 10.6. The summed E-state index contributed by atoms with van der Waals surface area (Å²) < 4.78 is 1.05. The highest BCUT2D eigenvalue weighted by Crippen LogP contribution is 2.24. The van der Waals surface area contributed by atoms with E-state index in [2.05, 4.69) is 43.3 Å². The second-order valence-corrected chi connectivity index (χ2v) is 6.36. The Hall–Kier alpha value is -0.610. The molecule has 4 heteroatoms. The predicted octanol–water partition coefficient (Wildman–Crippen LogP) is 2.81. The van der Waals surface area contributed by atoms with Crippen molar-refractivity contribution < 1.29 is 0 Å². The van der Waals surface area contributed by atoms with Crippen LogP contribution in [0.5, 0.6) is 0 Å². The lowest BCUT2D eigenvalue weighted by Crippen LogP contribution is -2.38. The van der Waals surface area contributed by atoms with E-state index >= 15 is 0 Å². The van der Waals surface area contributed by atoms with Crippen LogP contribution in [-0.2, 0) is 0 Å². The van der Waals surface area contributed by atoms with Crippen molar-refractivity contribution in [1.82, 2.24) is 10.3 Å². The van der Waals surface area contributed by atoms with Gasteiger partial charge in [-0.1, -0.05) is 0 Å². The fourth-order valence-electron chi connectivity index (χ4n) is 2.54. The summed E-state index contributed by atoms with van der Waals surface area (Å²) >= 11 is 3.43. The van der Waals surface area contributed by atoms with Crippen LogP contribution >= 0.6 is 15.9 Å². The van der Waals surface area contributed by atoms with Crippen LogP contribution in [0.3, 0.4) is 0 Å². The standard InChI is InChI=1S/C14H20BrN3/c15-12-1-4-14(17-10-12)18-7-5-11(6-8-18)9-16-13-2-3-13/h1,4,10-11,13,16H,2-3,5-9H2. The first-order valence-corrected chi connectivity index (χ1v) is 7.70. The molecular weight excluding hydrogens is 290 g/mol. The van der Waals surface area contributed by atoms with Crippen LogP contribution in [0.25, 0.3) is 0 Å². The van der Waals surface area contributed by atoms with Crippen molar-refractivity contribution >= 4 is 21.7 Å². The third kappa shape index (κ3) is 3.23. The Labute approximate surface area is 117 Å². The number of nitrogens with one attached hydrogen (secondary N) is 1. The van der Waals surface area contributed by atoms with Gasteiger partial charge in [-0.3, -0.25) is 0 Å². The van der Waals surface area contributed by atoms with E-state index in [1.807, 2.05) is 6.20 Å². The molecule has 1 saturated heterocycles. The minimum absolute atomic E-state index is 0.844. The van der Waals surface area contributed by atoms with Gasteiger partial charge in [0.1, 0.15) is 5.82 Å². The SMILES string of the molecule is Brc1ccc(N2CCC(CNC3CC3)CC2)nc1. The molecule has 0 unspecified atom stereocenters. The van der Waals surface area contributed by atoms with Crippen molar-refractivity contribution in [2.75, 3.05) is 24.5 Å². The molecule has 1 aliphatic carbocycles. The molecule has 3 rings (SSSR count). The molecule has 0 spiro atoms. The minimum atomic E-state index is 0.844. The molecule has 2 fully saturated rings. The Bertz CT molecular complexity index is 381. The first-order valence-electron chi connectivity index (χ1n) is 6.91. The number of nitrogens with zero attached hydrogens (tertiary/aromatic N) is 2. The van der Waals surface area contributed by atoms with Gasteiger partial charge in [0.05, 0.1) is 0 Å². The van der Waals surface area contributed by atoms with Gasteiger partial charge >= 0.3 is 0 Å². The molecular formula is C14H20BrN3. The van der Waals surface area contributed by atoms with Gasteiger partial charge in [0.25, 0.3) is 0 Å². The monoisotopic (exact) mass is 309 g/mol. The van der Waals surface area contributed by atoms with Gasteiger partial charge in [-0.05, 0) is 66.2 Å². The summed E-state index contributed by atoms with van der Waals surface area (Å²) in [5.74, 6) is 1.98. The molecule has 2 aliphatic rings. The van der Waals surface area contributed by atoms with E-state index in [0.717, 1.165) is 35.3 Å². The molecule has 98 valence electrons. The quantitative estimate of drug-likeness (QED) is 0.927. The molecule has 1 N–H and O–H groups in total. The highest BCUT2D eigenvalue weighted by molar-refractivity contribution is 9.10. The summed E-state index contributed by atoms with van der Waals surface area (Å²) in [6.45, 7) is 3.50. The second kappa shape index (κ2) is 5.57. The maximum absolute atomic E-state index is 4.47. The average Bonchev–Trinajstić information content (AvgIpc) is 3.22. The molecule has 0 radical (unpaired) electrons. The average molecular weight is 310 g/mol. The summed E-state index contributed by atoms with van der Waals surface area (Å²) in [6.07, 6.45) is 7.24. The smallest absolute Gasteiger partial charge is 0.128 e. The molecule has 0 atom stereocenters. The zero-order valence-corrected chi connectivity index (χ0v) is 12.2. The molecule has 0 bridgehead atoms. The molecule has 18 heavy (non-hydrogen) atoms. The first kappa shape index (κ1) is 12.4. The van der Waals surface area contributed by atoms with Gasteiger partial charge in [-0.15, -0.1) is 0 Å². The third-order valence-electron chi connectivity index (χ3n) is 3.92. The third-order valence-corrected chi connectivity index (χ3v) is 4.39. The van der Waals surface area contributed by atoms with Crippen LogP contribution in [-0.4, -0.2) is 30.7 Å². The van der Waals surface area contributed by atoms with E-state index in [0.29, 0.717) is 0 Å². The molecule has 1 aliphatic heterocycles. The minimum Gasteiger partial charge on any atom is -0.357 e. The van der Waals surface area contributed by atoms with Gasteiger partial charge in [0.2, 0.25) is 0 Å². The number of piperidine rings is 1. The Morgan fingerprint density at radius 3 is 2.61 bits per heavy atom. The fraction of sp³-hybridized carbons (Fsp3) is 0.643. The lowest BCUT2D eigenvalue weighted by molar-refractivity contribution is 0.381.